The first kappa shape index (κ1) is 14.1. The standard InChI is InChI=1S/C14H16N4OS/c15-13(12-2-1-9-20-12)18-11-5-3-10(4-6-11)7-8-17-14(16)19/h1-6,9H,7-8H2,(H2,15,18)(H3,16,17,19). The first-order valence-corrected chi connectivity index (χ1v) is 7.05. The average molecular weight is 288 g/mol. The normalized spacial score (nSPS) is 10.0. The van der Waals surface area contributed by atoms with Gasteiger partial charge >= 0.3 is 6.03 Å². The number of amides is 2. The summed E-state index contributed by atoms with van der Waals surface area (Å²) >= 11 is 1.53. The van der Waals surface area contributed by atoms with E-state index in [2.05, 4.69) is 10.6 Å². The number of rotatable bonds is 5. The van der Waals surface area contributed by atoms with Crippen LogP contribution in [0, 0.1) is 5.41 Å². The zero-order valence-electron chi connectivity index (χ0n) is 10.8. The summed E-state index contributed by atoms with van der Waals surface area (Å²) in [7, 11) is 0. The summed E-state index contributed by atoms with van der Waals surface area (Å²) < 4.78 is 0. The van der Waals surface area contributed by atoms with E-state index >= 15 is 0 Å². The molecule has 6 heteroatoms. The molecule has 2 rings (SSSR count). The number of primary amides is 1. The molecule has 0 aliphatic carbocycles. The highest BCUT2D eigenvalue weighted by Gasteiger charge is 2.02. The lowest BCUT2D eigenvalue weighted by atomic mass is 10.1. The molecule has 0 radical (unpaired) electrons. The van der Waals surface area contributed by atoms with Gasteiger partial charge in [0, 0.05) is 12.2 Å². The smallest absolute Gasteiger partial charge is 0.312 e. The number of benzene rings is 1. The Balaban J connectivity index is 1.88. The molecule has 0 spiro atoms. The lowest BCUT2D eigenvalue weighted by Crippen LogP contribution is -2.30. The molecular weight excluding hydrogens is 272 g/mol. The highest BCUT2D eigenvalue weighted by molar-refractivity contribution is 7.12. The predicted molar refractivity (Wildman–Crippen MR) is 82.5 cm³/mol. The number of carbonyl (C=O) groups excluding carboxylic acids is 1. The Morgan fingerprint density at radius 3 is 2.60 bits per heavy atom. The number of anilines is 1. The van der Waals surface area contributed by atoms with E-state index in [0.717, 1.165) is 22.5 Å². The topological polar surface area (TPSA) is 91.0 Å². The van der Waals surface area contributed by atoms with Crippen LogP contribution in [0.25, 0.3) is 0 Å². The molecule has 2 amide bonds. The zero-order chi connectivity index (χ0) is 14.4. The van der Waals surface area contributed by atoms with Gasteiger partial charge in [-0.25, -0.2) is 4.79 Å². The van der Waals surface area contributed by atoms with Crippen molar-refractivity contribution in [1.82, 2.24) is 5.32 Å². The molecule has 5 nitrogen and oxygen atoms in total. The second-order valence-electron chi connectivity index (χ2n) is 4.22. The number of urea groups is 1. The Morgan fingerprint density at radius 2 is 2.00 bits per heavy atom. The van der Waals surface area contributed by atoms with E-state index in [1.165, 1.54) is 11.3 Å². The molecule has 1 aromatic heterocycles. The van der Waals surface area contributed by atoms with Crippen molar-refractivity contribution < 1.29 is 4.79 Å². The maximum Gasteiger partial charge on any atom is 0.312 e. The van der Waals surface area contributed by atoms with Crippen LogP contribution in [-0.4, -0.2) is 18.4 Å². The van der Waals surface area contributed by atoms with Crippen molar-refractivity contribution in [2.75, 3.05) is 11.9 Å². The van der Waals surface area contributed by atoms with Crippen LogP contribution in [0.2, 0.25) is 0 Å². The minimum Gasteiger partial charge on any atom is -0.352 e. The van der Waals surface area contributed by atoms with Gasteiger partial charge in [0.05, 0.1) is 4.88 Å². The number of hydrogen-bond acceptors (Lipinski definition) is 3. The summed E-state index contributed by atoms with van der Waals surface area (Å²) in [4.78, 5) is 11.5. The van der Waals surface area contributed by atoms with E-state index in [4.69, 9.17) is 11.1 Å². The second-order valence-corrected chi connectivity index (χ2v) is 5.16. The van der Waals surface area contributed by atoms with Crippen molar-refractivity contribution in [1.29, 1.82) is 5.41 Å². The molecule has 104 valence electrons. The molecule has 0 bridgehead atoms. The summed E-state index contributed by atoms with van der Waals surface area (Å²) in [5.41, 5.74) is 6.97. The van der Waals surface area contributed by atoms with Crippen LogP contribution in [-0.2, 0) is 6.42 Å². The van der Waals surface area contributed by atoms with Gasteiger partial charge in [0.15, 0.2) is 0 Å². The Morgan fingerprint density at radius 1 is 1.25 bits per heavy atom. The second kappa shape index (κ2) is 6.72. The van der Waals surface area contributed by atoms with E-state index in [1.54, 1.807) is 0 Å². The van der Waals surface area contributed by atoms with Gasteiger partial charge in [0.2, 0.25) is 0 Å². The van der Waals surface area contributed by atoms with Crippen LogP contribution >= 0.6 is 11.3 Å². The number of nitrogens with one attached hydrogen (secondary N) is 3. The van der Waals surface area contributed by atoms with Crippen molar-refractivity contribution in [2.24, 2.45) is 5.73 Å². The van der Waals surface area contributed by atoms with Crippen molar-refractivity contribution in [3.05, 3.63) is 52.2 Å². The van der Waals surface area contributed by atoms with Gasteiger partial charge in [-0.05, 0) is 35.6 Å². The van der Waals surface area contributed by atoms with Gasteiger partial charge < -0.3 is 16.4 Å². The van der Waals surface area contributed by atoms with Gasteiger partial charge in [-0.3, -0.25) is 5.41 Å². The third-order valence-electron chi connectivity index (χ3n) is 2.70. The van der Waals surface area contributed by atoms with Crippen LogP contribution in [0.5, 0.6) is 0 Å². The monoisotopic (exact) mass is 288 g/mol. The minimum atomic E-state index is -0.507. The lowest BCUT2D eigenvalue weighted by molar-refractivity contribution is 0.249. The molecule has 0 aliphatic rings. The van der Waals surface area contributed by atoms with Gasteiger partial charge in [-0.15, -0.1) is 11.3 Å². The number of hydrogen-bond donors (Lipinski definition) is 4. The fourth-order valence-corrected chi connectivity index (χ4v) is 2.34. The van der Waals surface area contributed by atoms with Crippen LogP contribution in [0.4, 0.5) is 10.5 Å². The summed E-state index contributed by atoms with van der Waals surface area (Å²) in [6.45, 7) is 0.521. The summed E-state index contributed by atoms with van der Waals surface area (Å²) in [6.07, 6.45) is 0.728. The predicted octanol–water partition coefficient (Wildman–Crippen LogP) is 2.40. The average Bonchev–Trinajstić information content (AvgIpc) is 2.94. The Bertz CT molecular complexity index is 578. The van der Waals surface area contributed by atoms with E-state index < -0.39 is 6.03 Å². The third kappa shape index (κ3) is 4.10. The number of amidine groups is 1. The van der Waals surface area contributed by atoms with Crippen molar-refractivity contribution in [3.63, 3.8) is 0 Å². The molecular formula is C14H16N4OS. The molecule has 0 aliphatic heterocycles. The largest absolute Gasteiger partial charge is 0.352 e. The first-order chi connectivity index (χ1) is 9.65. The number of nitrogens with two attached hydrogens (primary N) is 1. The lowest BCUT2D eigenvalue weighted by Gasteiger charge is -2.07. The third-order valence-corrected chi connectivity index (χ3v) is 3.59. The van der Waals surface area contributed by atoms with Crippen molar-refractivity contribution in [3.8, 4) is 0 Å². The molecule has 1 aromatic carbocycles. The molecule has 5 N–H and O–H groups in total. The highest BCUT2D eigenvalue weighted by Crippen LogP contribution is 2.14. The van der Waals surface area contributed by atoms with E-state index in [0.29, 0.717) is 12.4 Å². The van der Waals surface area contributed by atoms with Gasteiger partial charge in [-0.2, -0.15) is 0 Å². The molecule has 2 aromatic rings. The van der Waals surface area contributed by atoms with Crippen LogP contribution in [0.1, 0.15) is 10.4 Å². The minimum absolute atomic E-state index is 0.392. The number of thiophene rings is 1. The van der Waals surface area contributed by atoms with E-state index in [9.17, 15) is 4.79 Å². The van der Waals surface area contributed by atoms with Gasteiger partial charge in [0.25, 0.3) is 0 Å². The Kier molecular flexibility index (Phi) is 4.73. The van der Waals surface area contributed by atoms with Gasteiger partial charge in [-0.1, -0.05) is 18.2 Å². The fraction of sp³-hybridized carbons (Fsp3) is 0.143. The van der Waals surface area contributed by atoms with Crippen molar-refractivity contribution in [2.45, 2.75) is 6.42 Å². The maximum atomic E-state index is 10.6. The molecule has 0 saturated heterocycles. The van der Waals surface area contributed by atoms with E-state index in [-0.39, 0.29) is 0 Å². The van der Waals surface area contributed by atoms with E-state index in [1.807, 2.05) is 41.8 Å². The summed E-state index contributed by atoms with van der Waals surface area (Å²) in [6, 6.07) is 11.1. The Hall–Kier alpha value is -2.34. The number of carbonyl (C=O) groups is 1. The van der Waals surface area contributed by atoms with Crippen LogP contribution in [0.3, 0.4) is 0 Å². The van der Waals surface area contributed by atoms with Crippen molar-refractivity contribution >= 4 is 28.9 Å². The summed E-state index contributed by atoms with van der Waals surface area (Å²) in [5.74, 6) is 0.392. The van der Waals surface area contributed by atoms with Gasteiger partial charge in [0.1, 0.15) is 5.84 Å². The SMILES string of the molecule is N=C(Nc1ccc(CCNC(N)=O)cc1)c1cccs1. The molecule has 0 atom stereocenters. The summed E-state index contributed by atoms with van der Waals surface area (Å²) in [5, 5.41) is 15.5. The van der Waals surface area contributed by atoms with Crippen LogP contribution in [0.15, 0.2) is 41.8 Å². The highest BCUT2D eigenvalue weighted by atomic mass is 32.1. The molecule has 0 unspecified atom stereocenters. The first-order valence-electron chi connectivity index (χ1n) is 6.17. The maximum absolute atomic E-state index is 10.6. The molecule has 20 heavy (non-hydrogen) atoms. The van der Waals surface area contributed by atoms with Crippen LogP contribution < -0.4 is 16.4 Å². The Labute approximate surface area is 121 Å². The fourth-order valence-electron chi connectivity index (χ4n) is 1.71. The molecule has 0 fully saturated rings. The zero-order valence-corrected chi connectivity index (χ0v) is 11.7. The quantitative estimate of drug-likeness (QED) is 0.502. The molecule has 1 heterocycles. The molecule has 0 saturated carbocycles.